The largest absolute Gasteiger partial charge is 0.492 e. The van der Waals surface area contributed by atoms with Gasteiger partial charge in [0.2, 0.25) is 0 Å². The summed E-state index contributed by atoms with van der Waals surface area (Å²) in [4.78, 5) is 15.5. The molecule has 1 heterocycles. The fourth-order valence-electron chi connectivity index (χ4n) is 1.15. The predicted octanol–water partition coefficient (Wildman–Crippen LogP) is 0.947. The number of pyridine rings is 1. The standard InChI is InChI=1S/C12H19N3O2/c1-4-14-11(16)10-7-9(5-6-15-10)17-8-12(2,3)13/h5-7H,4,8,13H2,1-3H3,(H,14,16). The summed E-state index contributed by atoms with van der Waals surface area (Å²) < 4.78 is 5.49. The Hall–Kier alpha value is -1.62. The van der Waals surface area contributed by atoms with Crippen molar-refractivity contribution in [3.63, 3.8) is 0 Å². The van der Waals surface area contributed by atoms with Gasteiger partial charge < -0.3 is 15.8 Å². The fourth-order valence-corrected chi connectivity index (χ4v) is 1.15. The van der Waals surface area contributed by atoms with Crippen molar-refractivity contribution in [1.82, 2.24) is 10.3 Å². The first-order valence-electron chi connectivity index (χ1n) is 5.58. The van der Waals surface area contributed by atoms with Crippen LogP contribution in [0.15, 0.2) is 18.3 Å². The van der Waals surface area contributed by atoms with E-state index in [0.29, 0.717) is 24.6 Å². The molecule has 0 atom stereocenters. The van der Waals surface area contributed by atoms with E-state index in [4.69, 9.17) is 10.5 Å². The van der Waals surface area contributed by atoms with Crippen LogP contribution in [-0.2, 0) is 0 Å². The minimum absolute atomic E-state index is 0.204. The van der Waals surface area contributed by atoms with Crippen LogP contribution in [-0.4, -0.2) is 29.6 Å². The van der Waals surface area contributed by atoms with E-state index in [0.717, 1.165) is 0 Å². The van der Waals surface area contributed by atoms with Crippen molar-refractivity contribution in [3.05, 3.63) is 24.0 Å². The summed E-state index contributed by atoms with van der Waals surface area (Å²) in [5, 5.41) is 2.68. The lowest BCUT2D eigenvalue weighted by Crippen LogP contribution is -2.38. The summed E-state index contributed by atoms with van der Waals surface area (Å²) in [6.07, 6.45) is 1.55. The van der Waals surface area contributed by atoms with E-state index in [1.54, 1.807) is 18.3 Å². The van der Waals surface area contributed by atoms with Crippen molar-refractivity contribution in [2.45, 2.75) is 26.3 Å². The van der Waals surface area contributed by atoms with Gasteiger partial charge in [-0.25, -0.2) is 0 Å². The minimum Gasteiger partial charge on any atom is -0.492 e. The van der Waals surface area contributed by atoms with Crippen molar-refractivity contribution >= 4 is 5.91 Å². The second-order valence-corrected chi connectivity index (χ2v) is 4.51. The van der Waals surface area contributed by atoms with Crippen molar-refractivity contribution in [2.75, 3.05) is 13.2 Å². The molecule has 3 N–H and O–H groups in total. The van der Waals surface area contributed by atoms with E-state index in [9.17, 15) is 4.79 Å². The van der Waals surface area contributed by atoms with Crippen LogP contribution in [0.1, 0.15) is 31.3 Å². The highest BCUT2D eigenvalue weighted by atomic mass is 16.5. The molecule has 5 nitrogen and oxygen atoms in total. The van der Waals surface area contributed by atoms with Crippen LogP contribution in [0.2, 0.25) is 0 Å². The van der Waals surface area contributed by atoms with Crippen LogP contribution in [0.25, 0.3) is 0 Å². The smallest absolute Gasteiger partial charge is 0.270 e. The number of rotatable bonds is 5. The third-order valence-electron chi connectivity index (χ3n) is 1.91. The number of nitrogens with two attached hydrogens (primary N) is 1. The van der Waals surface area contributed by atoms with E-state index < -0.39 is 5.54 Å². The van der Waals surface area contributed by atoms with Gasteiger partial charge in [0.1, 0.15) is 18.1 Å². The summed E-state index contributed by atoms with van der Waals surface area (Å²) in [7, 11) is 0. The molecule has 1 rings (SSSR count). The molecule has 0 fully saturated rings. The number of hydrogen-bond acceptors (Lipinski definition) is 4. The number of hydrogen-bond donors (Lipinski definition) is 2. The van der Waals surface area contributed by atoms with Gasteiger partial charge in [0.25, 0.3) is 5.91 Å². The highest BCUT2D eigenvalue weighted by Gasteiger charge is 2.12. The number of amides is 1. The topological polar surface area (TPSA) is 77.2 Å². The molecule has 0 spiro atoms. The van der Waals surface area contributed by atoms with Gasteiger partial charge in [0.05, 0.1) is 0 Å². The number of aromatic nitrogens is 1. The second-order valence-electron chi connectivity index (χ2n) is 4.51. The number of carbonyl (C=O) groups is 1. The van der Waals surface area contributed by atoms with E-state index >= 15 is 0 Å². The van der Waals surface area contributed by atoms with Crippen LogP contribution in [0.3, 0.4) is 0 Å². The van der Waals surface area contributed by atoms with Crippen LogP contribution in [0.4, 0.5) is 0 Å². The molecule has 5 heteroatoms. The fraction of sp³-hybridized carbons (Fsp3) is 0.500. The molecular weight excluding hydrogens is 218 g/mol. The molecule has 0 aliphatic heterocycles. The second kappa shape index (κ2) is 5.63. The van der Waals surface area contributed by atoms with Crippen LogP contribution in [0, 0.1) is 0 Å². The van der Waals surface area contributed by atoms with Gasteiger partial charge >= 0.3 is 0 Å². The maximum atomic E-state index is 11.5. The third kappa shape index (κ3) is 4.82. The van der Waals surface area contributed by atoms with Gasteiger partial charge in [-0.3, -0.25) is 9.78 Å². The van der Waals surface area contributed by atoms with Gasteiger partial charge in [0.15, 0.2) is 0 Å². The Kier molecular flexibility index (Phi) is 4.45. The number of carbonyl (C=O) groups excluding carboxylic acids is 1. The number of ether oxygens (including phenoxy) is 1. The molecule has 1 aromatic heterocycles. The molecule has 0 radical (unpaired) electrons. The molecule has 94 valence electrons. The van der Waals surface area contributed by atoms with Crippen LogP contribution < -0.4 is 15.8 Å². The Morgan fingerprint density at radius 3 is 2.88 bits per heavy atom. The van der Waals surface area contributed by atoms with Crippen LogP contribution >= 0.6 is 0 Å². The molecule has 0 saturated carbocycles. The summed E-state index contributed by atoms with van der Waals surface area (Å²) in [5.41, 5.74) is 5.75. The third-order valence-corrected chi connectivity index (χ3v) is 1.91. The van der Waals surface area contributed by atoms with Gasteiger partial charge in [-0.2, -0.15) is 0 Å². The SMILES string of the molecule is CCNC(=O)c1cc(OCC(C)(C)N)ccn1. The predicted molar refractivity (Wildman–Crippen MR) is 66.0 cm³/mol. The van der Waals surface area contributed by atoms with Crippen molar-refractivity contribution < 1.29 is 9.53 Å². The summed E-state index contributed by atoms with van der Waals surface area (Å²) in [5.74, 6) is 0.393. The minimum atomic E-state index is -0.408. The molecule has 0 aliphatic rings. The monoisotopic (exact) mass is 237 g/mol. The zero-order valence-corrected chi connectivity index (χ0v) is 10.5. The van der Waals surface area contributed by atoms with Crippen molar-refractivity contribution in [1.29, 1.82) is 0 Å². The Balaban J connectivity index is 2.69. The zero-order chi connectivity index (χ0) is 12.9. The van der Waals surface area contributed by atoms with Crippen molar-refractivity contribution in [2.24, 2.45) is 5.73 Å². The van der Waals surface area contributed by atoms with E-state index in [-0.39, 0.29) is 5.91 Å². The first-order valence-corrected chi connectivity index (χ1v) is 5.58. The Morgan fingerprint density at radius 1 is 1.59 bits per heavy atom. The maximum Gasteiger partial charge on any atom is 0.270 e. The lowest BCUT2D eigenvalue weighted by atomic mass is 10.1. The van der Waals surface area contributed by atoms with Gasteiger partial charge in [-0.15, -0.1) is 0 Å². The first-order chi connectivity index (χ1) is 7.92. The Morgan fingerprint density at radius 2 is 2.29 bits per heavy atom. The number of nitrogens with one attached hydrogen (secondary N) is 1. The normalized spacial score (nSPS) is 11.1. The number of nitrogens with zero attached hydrogens (tertiary/aromatic N) is 1. The molecule has 0 saturated heterocycles. The lowest BCUT2D eigenvalue weighted by Gasteiger charge is -2.19. The van der Waals surface area contributed by atoms with Crippen molar-refractivity contribution in [3.8, 4) is 5.75 Å². The zero-order valence-electron chi connectivity index (χ0n) is 10.5. The molecule has 0 aliphatic carbocycles. The van der Waals surface area contributed by atoms with Gasteiger partial charge in [-0.05, 0) is 26.8 Å². The quantitative estimate of drug-likeness (QED) is 0.799. The summed E-state index contributed by atoms with van der Waals surface area (Å²) in [6, 6.07) is 3.31. The molecule has 0 unspecified atom stereocenters. The summed E-state index contributed by atoms with van der Waals surface area (Å²) >= 11 is 0. The average molecular weight is 237 g/mol. The molecule has 0 aromatic carbocycles. The van der Waals surface area contributed by atoms with E-state index in [2.05, 4.69) is 10.3 Å². The molecule has 17 heavy (non-hydrogen) atoms. The highest BCUT2D eigenvalue weighted by molar-refractivity contribution is 5.92. The molecule has 1 amide bonds. The van der Waals surface area contributed by atoms with Gasteiger partial charge in [0, 0.05) is 24.3 Å². The first kappa shape index (κ1) is 13.4. The molecule has 1 aromatic rings. The Bertz CT molecular complexity index is 386. The average Bonchev–Trinajstić information content (AvgIpc) is 2.26. The van der Waals surface area contributed by atoms with Gasteiger partial charge in [-0.1, -0.05) is 0 Å². The molecule has 0 bridgehead atoms. The highest BCUT2D eigenvalue weighted by Crippen LogP contribution is 2.12. The van der Waals surface area contributed by atoms with E-state index in [1.807, 2.05) is 20.8 Å². The lowest BCUT2D eigenvalue weighted by molar-refractivity contribution is 0.0950. The Labute approximate surface area is 101 Å². The summed E-state index contributed by atoms with van der Waals surface area (Å²) in [6.45, 7) is 6.56. The molecular formula is C12H19N3O2. The van der Waals surface area contributed by atoms with E-state index in [1.165, 1.54) is 0 Å². The maximum absolute atomic E-state index is 11.5. The van der Waals surface area contributed by atoms with Crippen LogP contribution in [0.5, 0.6) is 5.75 Å².